The zero-order valence-electron chi connectivity index (χ0n) is 19.4. The van der Waals surface area contributed by atoms with Crippen LogP contribution in [0.5, 0.6) is 17.2 Å². The summed E-state index contributed by atoms with van der Waals surface area (Å²) in [4.78, 5) is -0.392. The van der Waals surface area contributed by atoms with Gasteiger partial charge in [-0.3, -0.25) is 0 Å². The van der Waals surface area contributed by atoms with E-state index < -0.39 is 20.7 Å². The minimum Gasteiger partial charge on any atom is -0.505 e. The molecule has 0 aliphatic heterocycles. The third-order valence-electron chi connectivity index (χ3n) is 5.53. The maximum atomic E-state index is 13.7. The minimum absolute atomic E-state index is 0.00752. The molecule has 3 N–H and O–H groups in total. The van der Waals surface area contributed by atoms with Gasteiger partial charge in [0.25, 0.3) is 0 Å². The van der Waals surface area contributed by atoms with Gasteiger partial charge in [0.15, 0.2) is 5.75 Å². The van der Waals surface area contributed by atoms with Crippen LogP contribution in [0.25, 0.3) is 0 Å². The van der Waals surface area contributed by atoms with Crippen LogP contribution in [0.3, 0.4) is 0 Å². The van der Waals surface area contributed by atoms with Crippen LogP contribution >= 0.6 is 23.2 Å². The molecule has 10 heteroatoms. The standard InChI is InChI=1S/C27H23Cl2FN2O4S/c28-21-13-25(29)27(33)26(14-21)37(34,35)32(17-20-3-1-2-19(12-20)15-31)16-18-4-8-23(9-5-18)36-24-10-6-22(30)7-11-24/h1-14,33H,15-17,31H2. The molecule has 0 radical (unpaired) electrons. The number of halogens is 3. The second-order valence-electron chi connectivity index (χ2n) is 8.23. The summed E-state index contributed by atoms with van der Waals surface area (Å²) in [6.07, 6.45) is 0. The number of ether oxygens (including phenoxy) is 1. The number of nitrogens with two attached hydrogens (primary N) is 1. The van der Waals surface area contributed by atoms with Crippen molar-refractivity contribution in [2.75, 3.05) is 0 Å². The van der Waals surface area contributed by atoms with Crippen LogP contribution in [0.2, 0.25) is 10.0 Å². The first-order valence-corrected chi connectivity index (χ1v) is 13.3. The number of hydrogen-bond acceptors (Lipinski definition) is 5. The monoisotopic (exact) mass is 560 g/mol. The average molecular weight is 561 g/mol. The first-order valence-electron chi connectivity index (χ1n) is 11.1. The number of sulfonamides is 1. The predicted octanol–water partition coefficient (Wildman–Crippen LogP) is 6.48. The van der Waals surface area contributed by atoms with Gasteiger partial charge in [-0.05, 0) is 65.2 Å². The highest BCUT2D eigenvalue weighted by Crippen LogP contribution is 2.36. The highest BCUT2D eigenvalue weighted by Gasteiger charge is 2.29. The molecule has 0 saturated carbocycles. The summed E-state index contributed by atoms with van der Waals surface area (Å²) < 4.78 is 47.5. The second kappa shape index (κ2) is 11.5. The van der Waals surface area contributed by atoms with Crippen molar-refractivity contribution in [1.82, 2.24) is 4.31 Å². The molecule has 6 nitrogen and oxygen atoms in total. The van der Waals surface area contributed by atoms with Gasteiger partial charge in [0.1, 0.15) is 22.2 Å². The number of benzene rings is 4. The molecule has 37 heavy (non-hydrogen) atoms. The van der Waals surface area contributed by atoms with Gasteiger partial charge in [0.05, 0.1) is 5.02 Å². The maximum absolute atomic E-state index is 13.7. The number of phenolic OH excluding ortho intramolecular Hbond substituents is 1. The Morgan fingerprint density at radius 1 is 0.838 bits per heavy atom. The fraction of sp³-hybridized carbons (Fsp3) is 0.111. The molecule has 0 amide bonds. The molecule has 192 valence electrons. The van der Waals surface area contributed by atoms with Gasteiger partial charge < -0.3 is 15.6 Å². The van der Waals surface area contributed by atoms with Crippen LogP contribution in [0.15, 0.2) is 89.8 Å². The molecular formula is C27H23Cl2FN2O4S. The van der Waals surface area contributed by atoms with Gasteiger partial charge in [0, 0.05) is 24.7 Å². The molecule has 0 bridgehead atoms. The van der Waals surface area contributed by atoms with E-state index in [-0.39, 0.29) is 29.0 Å². The topological polar surface area (TPSA) is 92.9 Å². The van der Waals surface area contributed by atoms with E-state index in [9.17, 15) is 17.9 Å². The zero-order chi connectivity index (χ0) is 26.6. The number of rotatable bonds is 9. The highest BCUT2D eigenvalue weighted by atomic mass is 35.5. The van der Waals surface area contributed by atoms with Gasteiger partial charge in [-0.2, -0.15) is 4.31 Å². The van der Waals surface area contributed by atoms with Crippen molar-refractivity contribution in [2.24, 2.45) is 5.73 Å². The van der Waals surface area contributed by atoms with Gasteiger partial charge in [-0.25, -0.2) is 12.8 Å². The SMILES string of the molecule is NCc1cccc(CN(Cc2ccc(Oc3ccc(F)cc3)cc2)S(=O)(=O)c2cc(Cl)cc(Cl)c2O)c1. The highest BCUT2D eigenvalue weighted by molar-refractivity contribution is 7.89. The van der Waals surface area contributed by atoms with E-state index in [0.29, 0.717) is 23.6 Å². The Bertz CT molecular complexity index is 1500. The normalized spacial score (nSPS) is 11.6. The van der Waals surface area contributed by atoms with E-state index in [0.717, 1.165) is 11.1 Å². The molecular weight excluding hydrogens is 538 g/mol. The summed E-state index contributed by atoms with van der Waals surface area (Å²) in [5, 5.41) is 10.4. The maximum Gasteiger partial charge on any atom is 0.247 e. The molecule has 4 aromatic carbocycles. The lowest BCUT2D eigenvalue weighted by molar-refractivity contribution is 0.394. The summed E-state index contributed by atoms with van der Waals surface area (Å²) in [6.45, 7) is 0.296. The molecule has 0 spiro atoms. The summed E-state index contributed by atoms with van der Waals surface area (Å²) >= 11 is 12.1. The van der Waals surface area contributed by atoms with Crippen molar-refractivity contribution < 1.29 is 22.7 Å². The van der Waals surface area contributed by atoms with E-state index in [1.165, 1.54) is 40.7 Å². The predicted molar refractivity (Wildman–Crippen MR) is 142 cm³/mol. The van der Waals surface area contributed by atoms with Crippen molar-refractivity contribution in [3.05, 3.63) is 117 Å². The Labute approximate surface area is 224 Å². The van der Waals surface area contributed by atoms with Crippen LogP contribution in [0.4, 0.5) is 4.39 Å². The number of aromatic hydroxyl groups is 1. The second-order valence-corrected chi connectivity index (χ2v) is 11.0. The van der Waals surface area contributed by atoms with E-state index in [2.05, 4.69) is 0 Å². The van der Waals surface area contributed by atoms with Crippen molar-refractivity contribution in [3.63, 3.8) is 0 Å². The van der Waals surface area contributed by atoms with Crippen molar-refractivity contribution in [2.45, 2.75) is 24.5 Å². The van der Waals surface area contributed by atoms with Crippen LogP contribution < -0.4 is 10.5 Å². The molecule has 0 aromatic heterocycles. The van der Waals surface area contributed by atoms with Crippen molar-refractivity contribution >= 4 is 33.2 Å². The van der Waals surface area contributed by atoms with E-state index >= 15 is 0 Å². The van der Waals surface area contributed by atoms with Crippen LogP contribution in [-0.4, -0.2) is 17.8 Å². The third-order valence-corrected chi connectivity index (χ3v) is 7.84. The lowest BCUT2D eigenvalue weighted by atomic mass is 10.1. The molecule has 4 rings (SSSR count). The lowest BCUT2D eigenvalue weighted by Gasteiger charge is -2.24. The van der Waals surface area contributed by atoms with Gasteiger partial charge in [-0.15, -0.1) is 0 Å². The fourth-order valence-electron chi connectivity index (χ4n) is 3.67. The van der Waals surface area contributed by atoms with Gasteiger partial charge >= 0.3 is 0 Å². The molecule has 0 saturated heterocycles. The average Bonchev–Trinajstić information content (AvgIpc) is 2.88. The van der Waals surface area contributed by atoms with E-state index in [4.69, 9.17) is 33.7 Å². The molecule has 0 heterocycles. The van der Waals surface area contributed by atoms with Crippen molar-refractivity contribution in [3.8, 4) is 17.2 Å². The number of phenols is 1. The van der Waals surface area contributed by atoms with Crippen LogP contribution in [-0.2, 0) is 29.7 Å². The Morgan fingerprint density at radius 2 is 1.43 bits per heavy atom. The first kappa shape index (κ1) is 26.9. The Morgan fingerprint density at radius 3 is 2.08 bits per heavy atom. The smallest absolute Gasteiger partial charge is 0.247 e. The summed E-state index contributed by atoms with van der Waals surface area (Å²) in [5.41, 5.74) is 7.99. The number of nitrogens with zero attached hydrogens (tertiary/aromatic N) is 1. The minimum atomic E-state index is -4.24. The van der Waals surface area contributed by atoms with Crippen molar-refractivity contribution in [1.29, 1.82) is 0 Å². The van der Waals surface area contributed by atoms with Crippen LogP contribution in [0, 0.1) is 5.82 Å². The number of hydrogen-bond donors (Lipinski definition) is 2. The van der Waals surface area contributed by atoms with Gasteiger partial charge in [0.2, 0.25) is 10.0 Å². The summed E-state index contributed by atoms with van der Waals surface area (Å²) in [5.74, 6) is 0.0222. The largest absolute Gasteiger partial charge is 0.505 e. The third kappa shape index (κ3) is 6.60. The molecule has 0 atom stereocenters. The van der Waals surface area contributed by atoms with Gasteiger partial charge in [-0.1, -0.05) is 59.6 Å². The molecule has 4 aromatic rings. The first-order chi connectivity index (χ1) is 17.7. The Hall–Kier alpha value is -3.14. The Kier molecular flexibility index (Phi) is 8.36. The molecule has 0 unspecified atom stereocenters. The molecule has 0 aliphatic carbocycles. The van der Waals surface area contributed by atoms with E-state index in [1.807, 2.05) is 12.1 Å². The summed E-state index contributed by atoms with van der Waals surface area (Å²) in [6, 6.07) is 22.1. The van der Waals surface area contributed by atoms with E-state index in [1.54, 1.807) is 36.4 Å². The quantitative estimate of drug-likeness (QED) is 0.244. The lowest BCUT2D eigenvalue weighted by Crippen LogP contribution is -2.30. The van der Waals surface area contributed by atoms with Crippen LogP contribution in [0.1, 0.15) is 16.7 Å². The molecule has 0 fully saturated rings. The Balaban J connectivity index is 1.65. The molecule has 0 aliphatic rings. The fourth-order valence-corrected chi connectivity index (χ4v) is 5.83. The summed E-state index contributed by atoms with van der Waals surface area (Å²) in [7, 11) is -4.24. The zero-order valence-corrected chi connectivity index (χ0v) is 21.8.